The van der Waals surface area contributed by atoms with Crippen molar-refractivity contribution in [2.45, 2.75) is 12.8 Å². The second-order valence-corrected chi connectivity index (χ2v) is 4.15. The molecule has 0 unspecified atom stereocenters. The zero-order valence-corrected chi connectivity index (χ0v) is 10.1. The van der Waals surface area contributed by atoms with Gasteiger partial charge >= 0.3 is 0 Å². The second-order valence-electron chi connectivity index (χ2n) is 3.75. The number of hydrogen-bond donors (Lipinski definition) is 2. The number of aliphatic hydroxyl groups is 1. The summed E-state index contributed by atoms with van der Waals surface area (Å²) in [6.45, 7) is 0.150. The summed E-state index contributed by atoms with van der Waals surface area (Å²) in [6.07, 6.45) is 3.11. The van der Waals surface area contributed by atoms with Crippen LogP contribution in [0.2, 0.25) is 5.02 Å². The van der Waals surface area contributed by atoms with E-state index in [0.29, 0.717) is 23.7 Å². The summed E-state index contributed by atoms with van der Waals surface area (Å²) in [4.78, 5) is 0. The first-order chi connectivity index (χ1) is 8.24. The maximum Gasteiger partial charge on any atom is 0.130 e. The van der Waals surface area contributed by atoms with Gasteiger partial charge in [0.25, 0.3) is 0 Å². The number of aromatic nitrogens is 2. The largest absolute Gasteiger partial charge is 0.396 e. The predicted octanol–water partition coefficient (Wildman–Crippen LogP) is 2.03. The van der Waals surface area contributed by atoms with E-state index in [4.69, 9.17) is 22.4 Å². The van der Waals surface area contributed by atoms with E-state index >= 15 is 0 Å². The molecule has 0 radical (unpaired) electrons. The highest BCUT2D eigenvalue weighted by molar-refractivity contribution is 6.32. The van der Waals surface area contributed by atoms with Crippen LogP contribution in [0.5, 0.6) is 0 Å². The van der Waals surface area contributed by atoms with Crippen molar-refractivity contribution in [2.24, 2.45) is 0 Å². The van der Waals surface area contributed by atoms with Crippen molar-refractivity contribution in [3.8, 4) is 5.69 Å². The molecule has 90 valence electrons. The Hall–Kier alpha value is -1.52. The van der Waals surface area contributed by atoms with E-state index in [0.717, 1.165) is 11.3 Å². The summed E-state index contributed by atoms with van der Waals surface area (Å²) < 4.78 is 1.62. The van der Waals surface area contributed by atoms with Crippen LogP contribution in [0.15, 0.2) is 30.5 Å². The topological polar surface area (TPSA) is 64.1 Å². The summed E-state index contributed by atoms with van der Waals surface area (Å²) in [5.41, 5.74) is 7.70. The van der Waals surface area contributed by atoms with E-state index in [1.165, 1.54) is 0 Å². The molecule has 0 saturated heterocycles. The molecular formula is C12H14ClN3O. The fraction of sp³-hybridized carbons (Fsp3) is 0.250. The third-order valence-electron chi connectivity index (χ3n) is 2.57. The van der Waals surface area contributed by atoms with Gasteiger partial charge in [0.2, 0.25) is 0 Å². The number of para-hydroxylation sites is 1. The van der Waals surface area contributed by atoms with Gasteiger partial charge in [-0.15, -0.1) is 0 Å². The molecule has 0 aliphatic carbocycles. The molecule has 0 saturated carbocycles. The minimum absolute atomic E-state index is 0.150. The van der Waals surface area contributed by atoms with E-state index in [9.17, 15) is 0 Å². The highest BCUT2D eigenvalue weighted by Crippen LogP contribution is 2.24. The average molecular weight is 252 g/mol. The zero-order chi connectivity index (χ0) is 12.3. The minimum Gasteiger partial charge on any atom is -0.396 e. The van der Waals surface area contributed by atoms with E-state index in [1.807, 2.05) is 18.2 Å². The molecule has 1 aromatic carbocycles. The molecule has 0 spiro atoms. The van der Waals surface area contributed by atoms with Crippen LogP contribution in [0.3, 0.4) is 0 Å². The van der Waals surface area contributed by atoms with Crippen LogP contribution in [-0.2, 0) is 6.42 Å². The van der Waals surface area contributed by atoms with Crippen LogP contribution in [0.1, 0.15) is 12.0 Å². The van der Waals surface area contributed by atoms with Gasteiger partial charge in [0.1, 0.15) is 5.82 Å². The Balaban J connectivity index is 2.34. The first-order valence-electron chi connectivity index (χ1n) is 5.42. The number of hydrogen-bond acceptors (Lipinski definition) is 3. The standard InChI is InChI=1S/C12H14ClN3O/c13-10-5-1-2-6-11(10)16-12(14)9(8-15-16)4-3-7-17/h1-2,5-6,8,17H,3-4,7,14H2. The lowest BCUT2D eigenvalue weighted by Gasteiger charge is -2.06. The quantitative estimate of drug-likeness (QED) is 0.874. The van der Waals surface area contributed by atoms with Gasteiger partial charge in [-0.3, -0.25) is 0 Å². The molecule has 2 rings (SSSR count). The Kier molecular flexibility index (Phi) is 3.66. The lowest BCUT2D eigenvalue weighted by Crippen LogP contribution is -2.04. The Morgan fingerprint density at radius 2 is 2.12 bits per heavy atom. The van der Waals surface area contributed by atoms with Gasteiger partial charge in [0.15, 0.2) is 0 Å². The molecule has 17 heavy (non-hydrogen) atoms. The maximum atomic E-state index is 8.80. The van der Waals surface area contributed by atoms with Gasteiger partial charge in [0, 0.05) is 12.2 Å². The van der Waals surface area contributed by atoms with Crippen molar-refractivity contribution >= 4 is 17.4 Å². The molecule has 5 heteroatoms. The van der Waals surface area contributed by atoms with Crippen molar-refractivity contribution in [3.63, 3.8) is 0 Å². The summed E-state index contributed by atoms with van der Waals surface area (Å²) in [7, 11) is 0. The summed E-state index contributed by atoms with van der Waals surface area (Å²) in [5.74, 6) is 0.576. The Morgan fingerprint density at radius 3 is 2.82 bits per heavy atom. The summed E-state index contributed by atoms with van der Waals surface area (Å²) >= 11 is 6.09. The van der Waals surface area contributed by atoms with Gasteiger partial charge in [-0.1, -0.05) is 23.7 Å². The van der Waals surface area contributed by atoms with Crippen LogP contribution < -0.4 is 5.73 Å². The molecule has 1 heterocycles. The lowest BCUT2D eigenvalue weighted by molar-refractivity contribution is 0.288. The normalized spacial score (nSPS) is 10.7. The van der Waals surface area contributed by atoms with E-state index in [2.05, 4.69) is 5.10 Å². The fourth-order valence-corrected chi connectivity index (χ4v) is 1.89. The molecule has 3 N–H and O–H groups in total. The molecule has 4 nitrogen and oxygen atoms in total. The number of anilines is 1. The first kappa shape index (κ1) is 12.0. The Labute approximate surface area is 105 Å². The third-order valence-corrected chi connectivity index (χ3v) is 2.89. The Bertz CT molecular complexity index is 510. The molecule has 1 aromatic heterocycles. The fourth-order valence-electron chi connectivity index (χ4n) is 1.67. The number of halogens is 1. The van der Waals surface area contributed by atoms with Crippen LogP contribution >= 0.6 is 11.6 Å². The van der Waals surface area contributed by atoms with E-state index in [1.54, 1.807) is 16.9 Å². The van der Waals surface area contributed by atoms with Gasteiger partial charge in [-0.2, -0.15) is 5.10 Å². The minimum atomic E-state index is 0.150. The second kappa shape index (κ2) is 5.21. The molecule has 0 amide bonds. The van der Waals surface area contributed by atoms with Crippen molar-refractivity contribution in [3.05, 3.63) is 41.0 Å². The molecular weight excluding hydrogens is 238 g/mol. The number of nitrogen functional groups attached to an aromatic ring is 1. The van der Waals surface area contributed by atoms with Gasteiger partial charge < -0.3 is 10.8 Å². The summed E-state index contributed by atoms with van der Waals surface area (Å²) in [6, 6.07) is 7.40. The van der Waals surface area contributed by atoms with E-state index in [-0.39, 0.29) is 6.61 Å². The van der Waals surface area contributed by atoms with Crippen molar-refractivity contribution in [2.75, 3.05) is 12.3 Å². The van der Waals surface area contributed by atoms with Gasteiger partial charge in [-0.05, 0) is 25.0 Å². The molecule has 0 fully saturated rings. The lowest BCUT2D eigenvalue weighted by atomic mass is 10.2. The molecule has 0 atom stereocenters. The first-order valence-corrected chi connectivity index (χ1v) is 5.80. The number of nitrogens with two attached hydrogens (primary N) is 1. The highest BCUT2D eigenvalue weighted by atomic mass is 35.5. The van der Waals surface area contributed by atoms with Crippen LogP contribution in [0.25, 0.3) is 5.69 Å². The van der Waals surface area contributed by atoms with Crippen LogP contribution in [0.4, 0.5) is 5.82 Å². The van der Waals surface area contributed by atoms with Crippen molar-refractivity contribution in [1.82, 2.24) is 9.78 Å². The number of benzene rings is 1. The smallest absolute Gasteiger partial charge is 0.130 e. The number of nitrogens with zero attached hydrogens (tertiary/aromatic N) is 2. The molecule has 2 aromatic rings. The van der Waals surface area contributed by atoms with Crippen molar-refractivity contribution < 1.29 is 5.11 Å². The molecule has 0 bridgehead atoms. The zero-order valence-electron chi connectivity index (χ0n) is 9.31. The predicted molar refractivity (Wildman–Crippen MR) is 68.4 cm³/mol. The number of rotatable bonds is 4. The third kappa shape index (κ3) is 2.43. The average Bonchev–Trinajstić information content (AvgIpc) is 2.69. The summed E-state index contributed by atoms with van der Waals surface area (Å²) in [5, 5.41) is 13.6. The monoisotopic (exact) mass is 251 g/mol. The van der Waals surface area contributed by atoms with Gasteiger partial charge in [-0.25, -0.2) is 4.68 Å². The maximum absolute atomic E-state index is 8.80. The van der Waals surface area contributed by atoms with Crippen LogP contribution in [0, 0.1) is 0 Å². The van der Waals surface area contributed by atoms with Gasteiger partial charge in [0.05, 0.1) is 16.9 Å². The van der Waals surface area contributed by atoms with E-state index < -0.39 is 0 Å². The van der Waals surface area contributed by atoms with Crippen LogP contribution in [-0.4, -0.2) is 21.5 Å². The van der Waals surface area contributed by atoms with Crippen molar-refractivity contribution in [1.29, 1.82) is 0 Å². The molecule has 0 aliphatic heterocycles. The highest BCUT2D eigenvalue weighted by Gasteiger charge is 2.10. The number of aryl methyl sites for hydroxylation is 1. The Morgan fingerprint density at radius 1 is 1.35 bits per heavy atom. The molecule has 0 aliphatic rings. The number of aliphatic hydroxyl groups excluding tert-OH is 1. The SMILES string of the molecule is Nc1c(CCCO)cnn1-c1ccccc1Cl.